The van der Waals surface area contributed by atoms with Crippen LogP contribution in [0.2, 0.25) is 0 Å². The number of alkyl halides is 1. The zero-order valence-corrected chi connectivity index (χ0v) is 5.14. The summed E-state index contributed by atoms with van der Waals surface area (Å²) in [6, 6.07) is -0.0919. The van der Waals surface area contributed by atoms with Crippen LogP contribution in [0, 0.1) is 5.92 Å². The third-order valence-corrected chi connectivity index (χ3v) is 1.64. The van der Waals surface area contributed by atoms with Gasteiger partial charge in [-0.1, -0.05) is 0 Å². The average Bonchev–Trinajstić information content (AvgIpc) is 2.34. The molecule has 0 aromatic carbocycles. The first kappa shape index (κ1) is 6.68. The van der Waals surface area contributed by atoms with Gasteiger partial charge in [-0.25, -0.2) is 0 Å². The molecule has 0 spiro atoms. The van der Waals surface area contributed by atoms with E-state index in [2.05, 4.69) is 5.32 Å². The van der Waals surface area contributed by atoms with E-state index in [0.29, 0.717) is 13.0 Å². The standard InChI is InChI=1S/C6H10FNO/c7-2-5-1-6(4-9)8-3-5/h4-6,8H,1-3H2/t5-,6-/m0/s1. The topological polar surface area (TPSA) is 29.1 Å². The van der Waals surface area contributed by atoms with Gasteiger partial charge in [0.05, 0.1) is 12.7 Å². The molecule has 0 aromatic heterocycles. The Labute approximate surface area is 53.4 Å². The minimum atomic E-state index is -0.308. The van der Waals surface area contributed by atoms with E-state index in [-0.39, 0.29) is 18.6 Å². The number of carbonyl (C=O) groups is 1. The summed E-state index contributed by atoms with van der Waals surface area (Å²) in [4.78, 5) is 10.1. The highest BCUT2D eigenvalue weighted by Crippen LogP contribution is 2.12. The highest BCUT2D eigenvalue weighted by atomic mass is 19.1. The van der Waals surface area contributed by atoms with Crippen molar-refractivity contribution < 1.29 is 9.18 Å². The van der Waals surface area contributed by atoms with E-state index in [0.717, 1.165) is 6.29 Å². The van der Waals surface area contributed by atoms with E-state index in [4.69, 9.17) is 0 Å². The molecule has 1 rings (SSSR count). The molecule has 2 atom stereocenters. The highest BCUT2D eigenvalue weighted by molar-refractivity contribution is 5.58. The van der Waals surface area contributed by atoms with Gasteiger partial charge in [-0.3, -0.25) is 4.39 Å². The van der Waals surface area contributed by atoms with Gasteiger partial charge in [-0.05, 0) is 6.42 Å². The normalized spacial score (nSPS) is 34.8. The molecular weight excluding hydrogens is 121 g/mol. The fourth-order valence-corrected chi connectivity index (χ4v) is 1.07. The maximum Gasteiger partial charge on any atom is 0.136 e. The molecule has 0 saturated carbocycles. The molecule has 0 radical (unpaired) electrons. The van der Waals surface area contributed by atoms with Crippen molar-refractivity contribution in [2.24, 2.45) is 5.92 Å². The molecule has 1 aliphatic heterocycles. The zero-order chi connectivity index (χ0) is 6.69. The SMILES string of the molecule is O=C[C@@H]1C[C@@H](CF)CN1. The van der Waals surface area contributed by atoms with Crippen molar-refractivity contribution in [3.8, 4) is 0 Å². The summed E-state index contributed by atoms with van der Waals surface area (Å²) in [7, 11) is 0. The second-order valence-electron chi connectivity index (χ2n) is 2.41. The molecular formula is C6H10FNO. The van der Waals surface area contributed by atoms with Gasteiger partial charge in [0.25, 0.3) is 0 Å². The molecule has 1 fully saturated rings. The van der Waals surface area contributed by atoms with Crippen molar-refractivity contribution in [3.63, 3.8) is 0 Å². The van der Waals surface area contributed by atoms with Crippen molar-refractivity contribution in [1.82, 2.24) is 5.32 Å². The number of carbonyl (C=O) groups excluding carboxylic acids is 1. The van der Waals surface area contributed by atoms with Crippen LogP contribution in [-0.4, -0.2) is 25.5 Å². The monoisotopic (exact) mass is 131 g/mol. The maximum atomic E-state index is 11.9. The second kappa shape index (κ2) is 2.92. The Hall–Kier alpha value is -0.440. The van der Waals surface area contributed by atoms with Crippen LogP contribution in [0.15, 0.2) is 0 Å². The lowest BCUT2D eigenvalue weighted by molar-refractivity contribution is -0.109. The van der Waals surface area contributed by atoms with Crippen LogP contribution in [0.5, 0.6) is 0 Å². The number of aldehydes is 1. The minimum Gasteiger partial charge on any atom is -0.307 e. The summed E-state index contributed by atoms with van der Waals surface area (Å²) in [6.07, 6.45) is 1.51. The van der Waals surface area contributed by atoms with Gasteiger partial charge in [0.15, 0.2) is 0 Å². The molecule has 0 amide bonds. The van der Waals surface area contributed by atoms with Crippen LogP contribution in [0.25, 0.3) is 0 Å². The summed E-state index contributed by atoms with van der Waals surface area (Å²) in [6.45, 7) is 0.344. The van der Waals surface area contributed by atoms with E-state index in [1.165, 1.54) is 0 Å². The summed E-state index contributed by atoms with van der Waals surface area (Å²) in [5.41, 5.74) is 0. The Morgan fingerprint density at radius 3 is 2.89 bits per heavy atom. The van der Waals surface area contributed by atoms with Crippen molar-refractivity contribution in [3.05, 3.63) is 0 Å². The molecule has 1 saturated heterocycles. The smallest absolute Gasteiger partial charge is 0.136 e. The van der Waals surface area contributed by atoms with Crippen molar-refractivity contribution >= 4 is 6.29 Å². The lowest BCUT2D eigenvalue weighted by Crippen LogP contribution is -2.22. The fraction of sp³-hybridized carbons (Fsp3) is 0.833. The van der Waals surface area contributed by atoms with Crippen LogP contribution >= 0.6 is 0 Å². The Kier molecular flexibility index (Phi) is 2.16. The van der Waals surface area contributed by atoms with Crippen molar-refractivity contribution in [2.75, 3.05) is 13.2 Å². The predicted molar refractivity (Wildman–Crippen MR) is 31.9 cm³/mol. The number of nitrogens with one attached hydrogen (secondary N) is 1. The molecule has 1 N–H and O–H groups in total. The van der Waals surface area contributed by atoms with Crippen LogP contribution < -0.4 is 5.32 Å². The Morgan fingerprint density at radius 2 is 2.56 bits per heavy atom. The molecule has 0 unspecified atom stereocenters. The molecule has 1 heterocycles. The van der Waals surface area contributed by atoms with E-state index < -0.39 is 0 Å². The molecule has 2 nitrogen and oxygen atoms in total. The number of hydrogen-bond donors (Lipinski definition) is 1. The summed E-state index contributed by atoms with van der Waals surface area (Å²) in [5.74, 6) is 0.0696. The van der Waals surface area contributed by atoms with Crippen molar-refractivity contribution in [2.45, 2.75) is 12.5 Å². The van der Waals surface area contributed by atoms with Crippen molar-refractivity contribution in [1.29, 1.82) is 0 Å². The third kappa shape index (κ3) is 1.48. The van der Waals surface area contributed by atoms with Crippen LogP contribution in [0.3, 0.4) is 0 Å². The number of hydrogen-bond acceptors (Lipinski definition) is 2. The molecule has 52 valence electrons. The van der Waals surface area contributed by atoms with E-state index in [1.54, 1.807) is 0 Å². The first-order valence-corrected chi connectivity index (χ1v) is 3.11. The molecule has 0 aromatic rings. The van der Waals surface area contributed by atoms with E-state index in [1.807, 2.05) is 0 Å². The Morgan fingerprint density at radius 1 is 1.78 bits per heavy atom. The molecule has 0 bridgehead atoms. The first-order valence-electron chi connectivity index (χ1n) is 3.11. The van der Waals surface area contributed by atoms with Gasteiger partial charge >= 0.3 is 0 Å². The van der Waals surface area contributed by atoms with Gasteiger partial charge in [0, 0.05) is 12.5 Å². The first-order chi connectivity index (χ1) is 4.36. The Balaban J connectivity index is 2.28. The van der Waals surface area contributed by atoms with Gasteiger partial charge < -0.3 is 10.1 Å². The predicted octanol–water partition coefficient (Wildman–Crippen LogP) is 0.133. The van der Waals surface area contributed by atoms with Gasteiger partial charge in [-0.15, -0.1) is 0 Å². The van der Waals surface area contributed by atoms with E-state index >= 15 is 0 Å². The van der Waals surface area contributed by atoms with E-state index in [9.17, 15) is 9.18 Å². The lowest BCUT2D eigenvalue weighted by atomic mass is 10.1. The quantitative estimate of drug-likeness (QED) is 0.540. The van der Waals surface area contributed by atoms with Crippen LogP contribution in [-0.2, 0) is 4.79 Å². The maximum absolute atomic E-state index is 11.9. The molecule has 1 aliphatic rings. The van der Waals surface area contributed by atoms with Crippen LogP contribution in [0.4, 0.5) is 4.39 Å². The molecule has 9 heavy (non-hydrogen) atoms. The minimum absolute atomic E-state index is 0.0696. The fourth-order valence-electron chi connectivity index (χ4n) is 1.07. The number of rotatable bonds is 2. The zero-order valence-electron chi connectivity index (χ0n) is 5.14. The highest BCUT2D eigenvalue weighted by Gasteiger charge is 2.22. The second-order valence-corrected chi connectivity index (χ2v) is 2.41. The Bertz CT molecular complexity index is 107. The largest absolute Gasteiger partial charge is 0.307 e. The summed E-state index contributed by atoms with van der Waals surface area (Å²) in [5, 5.41) is 2.90. The average molecular weight is 131 g/mol. The molecule has 3 heteroatoms. The number of halogens is 1. The summed E-state index contributed by atoms with van der Waals surface area (Å²) >= 11 is 0. The summed E-state index contributed by atoms with van der Waals surface area (Å²) < 4.78 is 11.9. The van der Waals surface area contributed by atoms with Gasteiger partial charge in [0.1, 0.15) is 6.29 Å². The third-order valence-electron chi connectivity index (χ3n) is 1.64. The lowest BCUT2D eigenvalue weighted by Gasteiger charge is -1.97. The molecule has 0 aliphatic carbocycles. The van der Waals surface area contributed by atoms with Crippen LogP contribution in [0.1, 0.15) is 6.42 Å². The van der Waals surface area contributed by atoms with Gasteiger partial charge in [-0.2, -0.15) is 0 Å². The van der Waals surface area contributed by atoms with Gasteiger partial charge in [0.2, 0.25) is 0 Å².